The smallest absolute Gasteiger partial charge is 0.270 e. The molecule has 0 saturated carbocycles. The van der Waals surface area contributed by atoms with E-state index in [2.05, 4.69) is 105 Å². The zero-order valence-corrected chi connectivity index (χ0v) is 25.1. The molecule has 0 aliphatic carbocycles. The molecule has 1 amide bonds. The number of carbonyl (C=O) groups excluding carboxylic acids is 1. The molecular formula is C35H38N4O2S. The van der Waals surface area contributed by atoms with E-state index in [-0.39, 0.29) is 11.9 Å². The van der Waals surface area contributed by atoms with E-state index in [0.29, 0.717) is 13.1 Å². The third-order valence-corrected chi connectivity index (χ3v) is 9.22. The predicted molar refractivity (Wildman–Crippen MR) is 171 cm³/mol. The Hall–Kier alpha value is -3.91. The second kappa shape index (κ2) is 12.9. The molecule has 1 atom stereocenters. The van der Waals surface area contributed by atoms with Crippen molar-refractivity contribution in [3.8, 4) is 5.75 Å². The summed E-state index contributed by atoms with van der Waals surface area (Å²) < 4.78 is 8.80. The maximum atomic E-state index is 14.4. The molecule has 1 aliphatic heterocycles. The minimum absolute atomic E-state index is 0.121. The van der Waals surface area contributed by atoms with Crippen LogP contribution in [0.5, 0.6) is 5.75 Å². The van der Waals surface area contributed by atoms with E-state index < -0.39 is 0 Å². The van der Waals surface area contributed by atoms with Gasteiger partial charge in [-0.15, -0.1) is 11.3 Å². The Labute approximate surface area is 252 Å². The number of benzene rings is 3. The highest BCUT2D eigenvalue weighted by molar-refractivity contribution is 7.17. The molecule has 1 fully saturated rings. The number of thiophene rings is 1. The number of carbonyl (C=O) groups is 1. The van der Waals surface area contributed by atoms with Crippen LogP contribution < -0.4 is 10.1 Å². The lowest BCUT2D eigenvalue weighted by Crippen LogP contribution is -2.48. The summed E-state index contributed by atoms with van der Waals surface area (Å²) in [6.45, 7) is 7.53. The molecular weight excluding hydrogens is 540 g/mol. The second-order valence-corrected chi connectivity index (χ2v) is 11.9. The highest BCUT2D eigenvalue weighted by Crippen LogP contribution is 2.33. The Morgan fingerprint density at radius 2 is 1.52 bits per heavy atom. The van der Waals surface area contributed by atoms with Crippen LogP contribution in [0.15, 0.2) is 96.4 Å². The third-order valence-electron chi connectivity index (χ3n) is 8.26. The van der Waals surface area contributed by atoms with E-state index in [9.17, 15) is 4.79 Å². The van der Waals surface area contributed by atoms with Crippen molar-refractivity contribution < 1.29 is 9.53 Å². The molecule has 42 heavy (non-hydrogen) atoms. The monoisotopic (exact) mass is 578 g/mol. The SMILES string of the molecule is COc1ccc(Cn2c(C(=O)N3CCN(Cc4ccccc4)CC3)c(CNC(C)c3ccccc3)c3sccc32)cc1. The number of aromatic nitrogens is 1. The van der Waals surface area contributed by atoms with Crippen LogP contribution in [0.3, 0.4) is 0 Å². The molecule has 1 N–H and O–H groups in total. The van der Waals surface area contributed by atoms with Gasteiger partial charge in [0.1, 0.15) is 11.4 Å². The molecule has 0 bridgehead atoms. The number of amides is 1. The number of hydrogen-bond acceptors (Lipinski definition) is 5. The normalized spacial score (nSPS) is 14.8. The van der Waals surface area contributed by atoms with Crippen molar-refractivity contribution in [3.05, 3.63) is 124 Å². The third kappa shape index (κ3) is 6.14. The van der Waals surface area contributed by atoms with Gasteiger partial charge >= 0.3 is 0 Å². The molecule has 6 rings (SSSR count). The van der Waals surface area contributed by atoms with Crippen molar-refractivity contribution in [1.29, 1.82) is 0 Å². The Morgan fingerprint density at radius 3 is 2.21 bits per heavy atom. The highest BCUT2D eigenvalue weighted by atomic mass is 32.1. The molecule has 1 aliphatic rings. The van der Waals surface area contributed by atoms with Crippen molar-refractivity contribution in [3.63, 3.8) is 0 Å². The molecule has 1 saturated heterocycles. The summed E-state index contributed by atoms with van der Waals surface area (Å²) in [6, 6.07) is 31.5. The fraction of sp³-hybridized carbons (Fsp3) is 0.286. The summed E-state index contributed by atoms with van der Waals surface area (Å²) in [4.78, 5) is 18.9. The first-order valence-electron chi connectivity index (χ1n) is 14.7. The van der Waals surface area contributed by atoms with Gasteiger partial charge in [0.05, 0.1) is 17.3 Å². The van der Waals surface area contributed by atoms with Crippen LogP contribution >= 0.6 is 11.3 Å². The minimum Gasteiger partial charge on any atom is -0.497 e. The summed E-state index contributed by atoms with van der Waals surface area (Å²) in [5.41, 5.74) is 6.69. The average molecular weight is 579 g/mol. The van der Waals surface area contributed by atoms with Gasteiger partial charge in [-0.3, -0.25) is 9.69 Å². The summed E-state index contributed by atoms with van der Waals surface area (Å²) in [5.74, 6) is 0.951. The van der Waals surface area contributed by atoms with E-state index in [1.807, 2.05) is 18.2 Å². The van der Waals surface area contributed by atoms with Gasteiger partial charge < -0.3 is 19.5 Å². The zero-order chi connectivity index (χ0) is 28.9. The molecule has 3 heterocycles. The van der Waals surface area contributed by atoms with Gasteiger partial charge in [-0.05, 0) is 47.2 Å². The standard InChI is InChI=1S/C35H38N4O2S/c1-26(29-11-7-4-8-12-29)36-23-31-33(35(40)38-20-18-37(19-21-38)24-27-9-5-3-6-10-27)39(32-17-22-42-34(31)32)25-28-13-15-30(41-2)16-14-28/h3-17,22,26,36H,18-21,23-25H2,1-2H3. The highest BCUT2D eigenvalue weighted by Gasteiger charge is 2.30. The first-order valence-corrected chi connectivity index (χ1v) is 15.5. The van der Waals surface area contributed by atoms with Gasteiger partial charge in [0.25, 0.3) is 5.91 Å². The van der Waals surface area contributed by atoms with Crippen LogP contribution in [-0.4, -0.2) is 53.6 Å². The average Bonchev–Trinajstić information content (AvgIpc) is 3.63. The number of methoxy groups -OCH3 is 1. The van der Waals surface area contributed by atoms with E-state index in [1.165, 1.54) is 15.8 Å². The van der Waals surface area contributed by atoms with Crippen LogP contribution in [0.2, 0.25) is 0 Å². The number of piperazine rings is 1. The lowest BCUT2D eigenvalue weighted by atomic mass is 10.1. The maximum absolute atomic E-state index is 14.4. The Kier molecular flexibility index (Phi) is 8.70. The molecule has 0 radical (unpaired) electrons. The van der Waals surface area contributed by atoms with Gasteiger partial charge in [0.2, 0.25) is 0 Å². The second-order valence-electron chi connectivity index (χ2n) is 11.0. The Bertz CT molecular complexity index is 1600. The van der Waals surface area contributed by atoms with E-state index in [4.69, 9.17) is 4.74 Å². The fourth-order valence-corrected chi connectivity index (χ4v) is 6.78. The molecule has 1 unspecified atom stereocenters. The van der Waals surface area contributed by atoms with Crippen molar-refractivity contribution >= 4 is 27.5 Å². The fourth-order valence-electron chi connectivity index (χ4n) is 5.83. The van der Waals surface area contributed by atoms with Gasteiger partial charge in [-0.25, -0.2) is 0 Å². The topological polar surface area (TPSA) is 49.7 Å². The maximum Gasteiger partial charge on any atom is 0.270 e. The van der Waals surface area contributed by atoms with Gasteiger partial charge in [-0.2, -0.15) is 0 Å². The van der Waals surface area contributed by atoms with Crippen LogP contribution in [0.1, 0.15) is 45.7 Å². The van der Waals surface area contributed by atoms with Crippen molar-refractivity contribution in [1.82, 2.24) is 19.7 Å². The van der Waals surface area contributed by atoms with Crippen LogP contribution in [0, 0.1) is 0 Å². The summed E-state index contributed by atoms with van der Waals surface area (Å²) >= 11 is 1.72. The van der Waals surface area contributed by atoms with E-state index in [0.717, 1.165) is 60.8 Å². The quantitative estimate of drug-likeness (QED) is 0.204. The molecule has 7 heteroatoms. The molecule has 0 spiro atoms. The van der Waals surface area contributed by atoms with Crippen molar-refractivity contribution in [2.24, 2.45) is 0 Å². The zero-order valence-electron chi connectivity index (χ0n) is 24.3. The predicted octanol–water partition coefficient (Wildman–Crippen LogP) is 6.57. The largest absolute Gasteiger partial charge is 0.497 e. The minimum atomic E-state index is 0.121. The molecule has 216 valence electrons. The number of rotatable bonds is 10. The summed E-state index contributed by atoms with van der Waals surface area (Å²) in [7, 11) is 1.68. The molecule has 6 nitrogen and oxygen atoms in total. The number of ether oxygens (including phenoxy) is 1. The number of nitrogens with one attached hydrogen (secondary N) is 1. The van der Waals surface area contributed by atoms with Gasteiger partial charge in [0, 0.05) is 57.4 Å². The first-order chi connectivity index (χ1) is 20.6. The van der Waals surface area contributed by atoms with E-state index in [1.54, 1.807) is 18.4 Å². The van der Waals surface area contributed by atoms with E-state index >= 15 is 0 Å². The molecule has 5 aromatic rings. The van der Waals surface area contributed by atoms with Gasteiger partial charge in [0.15, 0.2) is 0 Å². The first kappa shape index (κ1) is 28.2. The lowest BCUT2D eigenvalue weighted by molar-refractivity contribution is 0.0617. The number of hydrogen-bond donors (Lipinski definition) is 1. The van der Waals surface area contributed by atoms with Crippen LogP contribution in [-0.2, 0) is 19.6 Å². The van der Waals surface area contributed by atoms with Crippen molar-refractivity contribution in [2.45, 2.75) is 32.6 Å². The summed E-state index contributed by atoms with van der Waals surface area (Å²) in [5, 5.41) is 5.85. The molecule has 3 aromatic carbocycles. The Morgan fingerprint density at radius 1 is 0.857 bits per heavy atom. The van der Waals surface area contributed by atoms with Crippen molar-refractivity contribution in [2.75, 3.05) is 33.3 Å². The number of nitrogens with zero attached hydrogens (tertiary/aromatic N) is 3. The van der Waals surface area contributed by atoms with Gasteiger partial charge in [-0.1, -0.05) is 72.8 Å². The number of fused-ring (bicyclic) bond motifs is 1. The molecule has 2 aromatic heterocycles. The lowest BCUT2D eigenvalue weighted by Gasteiger charge is -2.35. The van der Waals surface area contributed by atoms with Crippen LogP contribution in [0.25, 0.3) is 10.2 Å². The Balaban J connectivity index is 1.28. The summed E-state index contributed by atoms with van der Waals surface area (Å²) in [6.07, 6.45) is 0. The van der Waals surface area contributed by atoms with Crippen LogP contribution in [0.4, 0.5) is 0 Å².